The van der Waals surface area contributed by atoms with Crippen molar-refractivity contribution in [2.24, 2.45) is 0 Å². The van der Waals surface area contributed by atoms with Gasteiger partial charge in [-0.15, -0.1) is 10.2 Å². The minimum Gasteiger partial charge on any atom is -0.326 e. The molecule has 2 N–H and O–H groups in total. The first-order valence-corrected chi connectivity index (χ1v) is 11.4. The zero-order valence-electron chi connectivity index (χ0n) is 19.5. The summed E-state index contributed by atoms with van der Waals surface area (Å²) in [5.74, 6) is 2.69. The highest BCUT2D eigenvalue weighted by Crippen LogP contribution is 2.31. The summed E-state index contributed by atoms with van der Waals surface area (Å²) >= 11 is 0. The number of carbonyl (C=O) groups excluding carboxylic acids is 1. The Morgan fingerprint density at radius 1 is 1.19 bits per heavy atom. The summed E-state index contributed by atoms with van der Waals surface area (Å²) in [5, 5.41) is 15.3. The summed E-state index contributed by atoms with van der Waals surface area (Å²) in [6.45, 7) is 11.8. The van der Waals surface area contributed by atoms with Crippen LogP contribution in [0.5, 0.6) is 0 Å². The van der Waals surface area contributed by atoms with Gasteiger partial charge in [0.2, 0.25) is 5.91 Å². The average Bonchev–Trinajstić information content (AvgIpc) is 3.08. The van der Waals surface area contributed by atoms with Gasteiger partial charge in [-0.25, -0.2) is 0 Å². The Balaban J connectivity index is 1.38. The molecule has 2 aromatic rings. The Morgan fingerprint density at radius 2 is 1.94 bits per heavy atom. The lowest BCUT2D eigenvalue weighted by Gasteiger charge is -2.41. The highest BCUT2D eigenvalue weighted by molar-refractivity contribution is 5.92. The van der Waals surface area contributed by atoms with Crippen molar-refractivity contribution >= 4 is 11.6 Å². The molecule has 0 spiro atoms. The first-order chi connectivity index (χ1) is 14.6. The minimum atomic E-state index is -0.0960. The molecule has 1 aromatic heterocycles. The number of hydrogen-bond donors (Lipinski definition) is 2. The Kier molecular flexibility index (Phi) is 5.77. The Hall–Kier alpha value is -2.47. The number of anilines is 1. The van der Waals surface area contributed by atoms with E-state index in [0.29, 0.717) is 12.3 Å². The van der Waals surface area contributed by atoms with Crippen molar-refractivity contribution in [3.8, 4) is 0 Å². The monoisotopic (exact) mass is 421 g/mol. The highest BCUT2D eigenvalue weighted by atomic mass is 16.1. The molecule has 6 heteroatoms. The van der Waals surface area contributed by atoms with E-state index >= 15 is 0 Å². The first-order valence-electron chi connectivity index (χ1n) is 11.4. The van der Waals surface area contributed by atoms with E-state index < -0.39 is 0 Å². The van der Waals surface area contributed by atoms with Gasteiger partial charge >= 0.3 is 0 Å². The number of nitrogens with one attached hydrogen (secondary N) is 2. The van der Waals surface area contributed by atoms with Crippen molar-refractivity contribution < 1.29 is 4.79 Å². The largest absolute Gasteiger partial charge is 0.326 e. The summed E-state index contributed by atoms with van der Waals surface area (Å²) in [5.41, 5.74) is 3.27. The number of aromatic nitrogens is 3. The predicted octanol–water partition coefficient (Wildman–Crippen LogP) is 4.38. The van der Waals surface area contributed by atoms with Crippen LogP contribution >= 0.6 is 0 Å². The van der Waals surface area contributed by atoms with Crippen molar-refractivity contribution in [1.29, 1.82) is 0 Å². The molecule has 2 aliphatic heterocycles. The molecular formula is C25H35N5O. The second kappa shape index (κ2) is 8.23. The smallest absolute Gasteiger partial charge is 0.228 e. The van der Waals surface area contributed by atoms with Crippen molar-refractivity contribution in [2.45, 2.75) is 90.3 Å². The van der Waals surface area contributed by atoms with Gasteiger partial charge in [0.15, 0.2) is 0 Å². The van der Waals surface area contributed by atoms with Crippen LogP contribution in [0.2, 0.25) is 0 Å². The van der Waals surface area contributed by atoms with Crippen LogP contribution in [0.1, 0.15) is 77.0 Å². The Labute approximate surface area is 185 Å². The van der Waals surface area contributed by atoms with Crippen LogP contribution < -0.4 is 10.6 Å². The molecule has 2 aliphatic rings. The van der Waals surface area contributed by atoms with Gasteiger partial charge in [-0.1, -0.05) is 30.7 Å². The molecule has 0 radical (unpaired) electrons. The molecule has 3 heterocycles. The summed E-state index contributed by atoms with van der Waals surface area (Å²) in [7, 11) is 0. The topological polar surface area (TPSA) is 71.8 Å². The van der Waals surface area contributed by atoms with Gasteiger partial charge in [-0.05, 0) is 58.2 Å². The Morgan fingerprint density at radius 3 is 2.61 bits per heavy atom. The molecule has 1 amide bonds. The van der Waals surface area contributed by atoms with Gasteiger partial charge in [0, 0.05) is 48.5 Å². The van der Waals surface area contributed by atoms with Crippen LogP contribution in [0.4, 0.5) is 5.69 Å². The van der Waals surface area contributed by atoms with Crippen LogP contribution in [0.25, 0.3) is 0 Å². The molecule has 0 fully saturated rings. The number of benzene rings is 1. The number of carbonyl (C=O) groups is 1. The number of rotatable bonds is 5. The number of hydrogen-bond acceptors (Lipinski definition) is 4. The number of fused-ring (bicyclic) bond motifs is 1. The highest BCUT2D eigenvalue weighted by Gasteiger charge is 2.32. The maximum Gasteiger partial charge on any atom is 0.228 e. The summed E-state index contributed by atoms with van der Waals surface area (Å²) in [6.07, 6.45) is 6.48. The van der Waals surface area contributed by atoms with Crippen molar-refractivity contribution in [1.82, 2.24) is 20.1 Å². The molecule has 0 bridgehead atoms. The van der Waals surface area contributed by atoms with E-state index in [9.17, 15) is 4.79 Å². The van der Waals surface area contributed by atoms with Gasteiger partial charge in [0.25, 0.3) is 0 Å². The zero-order valence-corrected chi connectivity index (χ0v) is 19.5. The van der Waals surface area contributed by atoms with E-state index in [2.05, 4.69) is 78.2 Å². The van der Waals surface area contributed by atoms with Gasteiger partial charge in [0.05, 0.1) is 0 Å². The third-order valence-electron chi connectivity index (χ3n) is 6.29. The third kappa shape index (κ3) is 5.06. The summed E-state index contributed by atoms with van der Waals surface area (Å²) < 4.78 is 2.28. The number of aryl methyl sites for hydroxylation is 2. The second-order valence-electron chi connectivity index (χ2n) is 10.3. The summed E-state index contributed by atoms with van der Waals surface area (Å²) in [6, 6.07) is 8.36. The maximum absolute atomic E-state index is 12.7. The quantitative estimate of drug-likeness (QED) is 0.703. The molecular weight excluding hydrogens is 386 g/mol. The van der Waals surface area contributed by atoms with E-state index in [0.717, 1.165) is 49.6 Å². The van der Waals surface area contributed by atoms with Crippen LogP contribution in [0.15, 0.2) is 35.9 Å². The van der Waals surface area contributed by atoms with Gasteiger partial charge in [-0.2, -0.15) is 0 Å². The SMILES string of the molecule is CCc1nnc2n1CC(c1ccc(NC(=O)CC3=CC(C)(C)NC(C)(C)C3)cc1)CC2. The fourth-order valence-electron chi connectivity index (χ4n) is 5.36. The molecule has 1 aromatic carbocycles. The molecule has 0 aliphatic carbocycles. The molecule has 4 rings (SSSR count). The van der Waals surface area contributed by atoms with Gasteiger partial charge in [-0.3, -0.25) is 4.79 Å². The van der Waals surface area contributed by atoms with Crippen molar-refractivity contribution in [3.05, 3.63) is 53.1 Å². The standard InChI is InChI=1S/C25H35N5O/c1-6-21-27-28-22-12-9-19(16-30(21)22)18-7-10-20(11-8-18)26-23(31)13-17-14-24(2,3)29-25(4,5)15-17/h7-8,10-11,14,19,29H,6,9,12-13,15-16H2,1-5H3,(H,26,31). The molecule has 166 valence electrons. The molecule has 1 unspecified atom stereocenters. The van der Waals surface area contributed by atoms with E-state index in [-0.39, 0.29) is 17.0 Å². The van der Waals surface area contributed by atoms with E-state index in [1.807, 2.05) is 12.1 Å². The number of nitrogens with zero attached hydrogens (tertiary/aromatic N) is 3. The second-order valence-corrected chi connectivity index (χ2v) is 10.3. The van der Waals surface area contributed by atoms with Crippen LogP contribution in [0, 0.1) is 0 Å². The fourth-order valence-corrected chi connectivity index (χ4v) is 5.36. The van der Waals surface area contributed by atoms with Crippen molar-refractivity contribution in [2.75, 3.05) is 5.32 Å². The third-order valence-corrected chi connectivity index (χ3v) is 6.29. The normalized spacial score (nSPS) is 21.8. The molecule has 6 nitrogen and oxygen atoms in total. The first kappa shape index (κ1) is 21.8. The van der Waals surface area contributed by atoms with E-state index in [1.165, 1.54) is 11.1 Å². The lowest BCUT2D eigenvalue weighted by molar-refractivity contribution is -0.115. The van der Waals surface area contributed by atoms with Crippen molar-refractivity contribution in [3.63, 3.8) is 0 Å². The lowest BCUT2D eigenvalue weighted by Crippen LogP contribution is -2.54. The number of amides is 1. The molecule has 0 saturated heterocycles. The van der Waals surface area contributed by atoms with Gasteiger partial charge < -0.3 is 15.2 Å². The molecule has 31 heavy (non-hydrogen) atoms. The lowest BCUT2D eigenvalue weighted by atomic mass is 9.82. The maximum atomic E-state index is 12.7. The summed E-state index contributed by atoms with van der Waals surface area (Å²) in [4.78, 5) is 12.7. The zero-order chi connectivity index (χ0) is 22.2. The van der Waals surface area contributed by atoms with E-state index in [1.54, 1.807) is 0 Å². The minimum absolute atomic E-state index is 0.00221. The van der Waals surface area contributed by atoms with E-state index in [4.69, 9.17) is 0 Å². The Bertz CT molecular complexity index is 970. The average molecular weight is 422 g/mol. The predicted molar refractivity (Wildman–Crippen MR) is 124 cm³/mol. The molecule has 0 saturated carbocycles. The van der Waals surface area contributed by atoms with Crippen LogP contribution in [-0.2, 0) is 24.2 Å². The van der Waals surface area contributed by atoms with Crippen LogP contribution in [0.3, 0.4) is 0 Å². The fraction of sp³-hybridized carbons (Fsp3) is 0.560. The van der Waals surface area contributed by atoms with Gasteiger partial charge in [0.1, 0.15) is 11.6 Å². The van der Waals surface area contributed by atoms with Crippen LogP contribution in [-0.4, -0.2) is 31.7 Å². The molecule has 1 atom stereocenters.